The van der Waals surface area contributed by atoms with E-state index in [-0.39, 0.29) is 0 Å². The van der Waals surface area contributed by atoms with Crippen LogP contribution < -0.4 is 10.6 Å². The number of nitrogens with zero attached hydrogens (tertiary/aromatic N) is 1. The number of anilines is 1. The van der Waals surface area contributed by atoms with E-state index in [0.717, 1.165) is 31.1 Å². The van der Waals surface area contributed by atoms with Gasteiger partial charge in [-0.15, -0.1) is 0 Å². The van der Waals surface area contributed by atoms with Gasteiger partial charge in [0.15, 0.2) is 11.6 Å². The fraction of sp³-hybridized carbons (Fsp3) is 0.667. The van der Waals surface area contributed by atoms with Crippen molar-refractivity contribution < 1.29 is 4.52 Å². The number of fused-ring (bicyclic) bond motifs is 1. The largest absolute Gasteiger partial charge is 0.364 e. The lowest BCUT2D eigenvalue weighted by atomic mass is 10.1. The number of rotatable bonds is 2. The summed E-state index contributed by atoms with van der Waals surface area (Å²) in [5, 5.41) is 10.7. The van der Waals surface area contributed by atoms with Gasteiger partial charge in [-0.3, -0.25) is 0 Å². The molecule has 0 amide bonds. The number of hydrogen-bond donors (Lipinski definition) is 2. The summed E-state index contributed by atoms with van der Waals surface area (Å²) in [5.74, 6) is 1.99. The summed E-state index contributed by atoms with van der Waals surface area (Å²) in [4.78, 5) is 0. The van der Waals surface area contributed by atoms with Crippen molar-refractivity contribution in [3.8, 4) is 0 Å². The SMILES string of the molecule is C1Cc2c(NC3CC3)noc2CN1. The maximum absolute atomic E-state index is 5.24. The van der Waals surface area contributed by atoms with Crippen LogP contribution in [-0.4, -0.2) is 17.7 Å². The van der Waals surface area contributed by atoms with Gasteiger partial charge in [0.2, 0.25) is 0 Å². The standard InChI is InChI=1S/C9H13N3O/c1-2-6(1)11-9-7-3-4-10-5-8(7)13-12-9/h6,10H,1-5H2,(H,11,12). The maximum atomic E-state index is 5.24. The van der Waals surface area contributed by atoms with Gasteiger partial charge in [0, 0.05) is 11.6 Å². The minimum Gasteiger partial charge on any atom is -0.364 e. The van der Waals surface area contributed by atoms with Crippen molar-refractivity contribution in [2.24, 2.45) is 0 Å². The van der Waals surface area contributed by atoms with Crippen LogP contribution in [0, 0.1) is 0 Å². The average Bonchev–Trinajstić information content (AvgIpc) is 2.88. The molecule has 2 N–H and O–H groups in total. The Morgan fingerprint density at radius 3 is 3.23 bits per heavy atom. The highest BCUT2D eigenvalue weighted by Crippen LogP contribution is 2.28. The van der Waals surface area contributed by atoms with E-state index in [1.54, 1.807) is 0 Å². The molecule has 1 aliphatic carbocycles. The molecule has 0 aromatic carbocycles. The van der Waals surface area contributed by atoms with Crippen molar-refractivity contribution in [3.05, 3.63) is 11.3 Å². The first-order valence-corrected chi connectivity index (χ1v) is 4.88. The summed E-state index contributed by atoms with van der Waals surface area (Å²) < 4.78 is 5.24. The quantitative estimate of drug-likeness (QED) is 0.708. The monoisotopic (exact) mass is 179 g/mol. The van der Waals surface area contributed by atoms with Crippen LogP contribution in [0.1, 0.15) is 24.2 Å². The molecule has 1 fully saturated rings. The predicted octanol–water partition coefficient (Wildman–Crippen LogP) is 0.895. The molecule has 3 rings (SSSR count). The van der Waals surface area contributed by atoms with E-state index in [9.17, 15) is 0 Å². The van der Waals surface area contributed by atoms with Gasteiger partial charge in [0.1, 0.15) is 0 Å². The second-order valence-corrected chi connectivity index (χ2v) is 3.78. The van der Waals surface area contributed by atoms with Crippen molar-refractivity contribution in [1.29, 1.82) is 0 Å². The van der Waals surface area contributed by atoms with E-state index in [0.29, 0.717) is 6.04 Å². The van der Waals surface area contributed by atoms with Crippen LogP contribution in [0.25, 0.3) is 0 Å². The summed E-state index contributed by atoms with van der Waals surface area (Å²) in [5.41, 5.74) is 1.28. The molecule has 0 saturated heterocycles. The third-order valence-electron chi connectivity index (χ3n) is 2.63. The van der Waals surface area contributed by atoms with Crippen molar-refractivity contribution in [2.75, 3.05) is 11.9 Å². The molecule has 1 saturated carbocycles. The van der Waals surface area contributed by atoms with Crippen LogP contribution in [0.2, 0.25) is 0 Å². The van der Waals surface area contributed by atoms with Crippen LogP contribution in [0.5, 0.6) is 0 Å². The van der Waals surface area contributed by atoms with Gasteiger partial charge in [-0.25, -0.2) is 0 Å². The van der Waals surface area contributed by atoms with Gasteiger partial charge in [-0.1, -0.05) is 5.16 Å². The van der Waals surface area contributed by atoms with Crippen molar-refractivity contribution in [3.63, 3.8) is 0 Å². The molecule has 0 bridgehead atoms. The van der Waals surface area contributed by atoms with Gasteiger partial charge in [0.25, 0.3) is 0 Å². The molecular formula is C9H13N3O. The van der Waals surface area contributed by atoms with Crippen LogP contribution >= 0.6 is 0 Å². The Labute approximate surface area is 76.7 Å². The Bertz CT molecular complexity index is 317. The van der Waals surface area contributed by atoms with Gasteiger partial charge in [0.05, 0.1) is 6.54 Å². The van der Waals surface area contributed by atoms with E-state index in [4.69, 9.17) is 4.52 Å². The average molecular weight is 179 g/mol. The zero-order valence-electron chi connectivity index (χ0n) is 7.47. The van der Waals surface area contributed by atoms with Crippen molar-refractivity contribution >= 4 is 5.82 Å². The zero-order chi connectivity index (χ0) is 8.67. The van der Waals surface area contributed by atoms with E-state index >= 15 is 0 Å². The molecule has 0 unspecified atom stereocenters. The van der Waals surface area contributed by atoms with Crippen molar-refractivity contribution in [1.82, 2.24) is 10.5 Å². The highest BCUT2D eigenvalue weighted by atomic mass is 16.5. The van der Waals surface area contributed by atoms with Crippen LogP contribution in [0.3, 0.4) is 0 Å². The van der Waals surface area contributed by atoms with Crippen LogP contribution in [0.15, 0.2) is 4.52 Å². The Morgan fingerprint density at radius 2 is 2.38 bits per heavy atom. The maximum Gasteiger partial charge on any atom is 0.173 e. The molecule has 2 aliphatic rings. The molecule has 13 heavy (non-hydrogen) atoms. The first-order chi connectivity index (χ1) is 6.43. The fourth-order valence-electron chi connectivity index (χ4n) is 1.69. The van der Waals surface area contributed by atoms with Gasteiger partial charge in [-0.05, 0) is 25.8 Å². The topological polar surface area (TPSA) is 50.1 Å². The van der Waals surface area contributed by atoms with Crippen LogP contribution in [-0.2, 0) is 13.0 Å². The Kier molecular flexibility index (Phi) is 1.55. The Morgan fingerprint density at radius 1 is 1.46 bits per heavy atom. The molecule has 4 nitrogen and oxygen atoms in total. The zero-order valence-corrected chi connectivity index (χ0v) is 7.47. The lowest BCUT2D eigenvalue weighted by Crippen LogP contribution is -2.23. The summed E-state index contributed by atoms with van der Waals surface area (Å²) in [6.07, 6.45) is 3.59. The molecule has 2 heterocycles. The van der Waals surface area contributed by atoms with E-state index < -0.39 is 0 Å². The van der Waals surface area contributed by atoms with Crippen molar-refractivity contribution in [2.45, 2.75) is 31.8 Å². The summed E-state index contributed by atoms with van der Waals surface area (Å²) in [6, 6.07) is 0.657. The smallest absolute Gasteiger partial charge is 0.173 e. The summed E-state index contributed by atoms with van der Waals surface area (Å²) in [6.45, 7) is 1.86. The molecule has 1 aromatic heterocycles. The van der Waals surface area contributed by atoms with Gasteiger partial charge >= 0.3 is 0 Å². The third-order valence-corrected chi connectivity index (χ3v) is 2.63. The second-order valence-electron chi connectivity index (χ2n) is 3.78. The number of hydrogen-bond acceptors (Lipinski definition) is 4. The molecule has 4 heteroatoms. The second kappa shape index (κ2) is 2.73. The predicted molar refractivity (Wildman–Crippen MR) is 48.6 cm³/mol. The van der Waals surface area contributed by atoms with Crippen LogP contribution in [0.4, 0.5) is 5.82 Å². The molecule has 1 aromatic rings. The first-order valence-electron chi connectivity index (χ1n) is 4.88. The highest BCUT2D eigenvalue weighted by molar-refractivity contribution is 5.47. The fourth-order valence-corrected chi connectivity index (χ4v) is 1.69. The molecule has 0 spiro atoms. The van der Waals surface area contributed by atoms with Gasteiger partial charge in [-0.2, -0.15) is 0 Å². The molecular weight excluding hydrogens is 166 g/mol. The summed E-state index contributed by atoms with van der Waals surface area (Å²) in [7, 11) is 0. The van der Waals surface area contributed by atoms with E-state index in [1.807, 2.05) is 0 Å². The lowest BCUT2D eigenvalue weighted by Gasteiger charge is -2.11. The Balaban J connectivity index is 1.86. The minimum absolute atomic E-state index is 0.657. The third kappa shape index (κ3) is 1.31. The Hall–Kier alpha value is -1.03. The summed E-state index contributed by atoms with van der Waals surface area (Å²) >= 11 is 0. The minimum atomic E-state index is 0.657. The number of nitrogens with one attached hydrogen (secondary N) is 2. The lowest BCUT2D eigenvalue weighted by molar-refractivity contribution is 0.367. The normalized spacial score (nSPS) is 21.2. The highest BCUT2D eigenvalue weighted by Gasteiger charge is 2.26. The van der Waals surface area contributed by atoms with E-state index in [1.165, 1.54) is 18.4 Å². The first kappa shape index (κ1) is 7.38. The molecule has 70 valence electrons. The molecule has 0 radical (unpaired) electrons. The molecule has 0 atom stereocenters. The van der Waals surface area contributed by atoms with Gasteiger partial charge < -0.3 is 15.2 Å². The van der Waals surface area contributed by atoms with E-state index in [2.05, 4.69) is 15.8 Å². The number of aromatic nitrogens is 1. The molecule has 1 aliphatic heterocycles.